The summed E-state index contributed by atoms with van der Waals surface area (Å²) >= 11 is 5.99. The number of benzene rings is 2. The number of aryl methyl sites for hydroxylation is 1. The molecule has 0 radical (unpaired) electrons. The summed E-state index contributed by atoms with van der Waals surface area (Å²) in [6.07, 6.45) is 1.11. The van der Waals surface area contributed by atoms with Gasteiger partial charge in [-0.05, 0) is 37.1 Å². The summed E-state index contributed by atoms with van der Waals surface area (Å²) in [7, 11) is 0. The average Bonchev–Trinajstić information content (AvgIpc) is 2.64. The predicted molar refractivity (Wildman–Crippen MR) is 103 cm³/mol. The van der Waals surface area contributed by atoms with Crippen LogP contribution in [0.1, 0.15) is 24.7 Å². The molecular formula is C20H20ClN3O2. The van der Waals surface area contributed by atoms with Gasteiger partial charge < -0.3 is 9.88 Å². The van der Waals surface area contributed by atoms with Gasteiger partial charge in [0.25, 0.3) is 5.56 Å². The van der Waals surface area contributed by atoms with Gasteiger partial charge in [-0.3, -0.25) is 9.59 Å². The van der Waals surface area contributed by atoms with Crippen LogP contribution >= 0.6 is 11.6 Å². The summed E-state index contributed by atoms with van der Waals surface area (Å²) in [6, 6.07) is 14.9. The molecule has 0 fully saturated rings. The zero-order valence-corrected chi connectivity index (χ0v) is 15.3. The number of hydrogen-bond acceptors (Lipinski definition) is 3. The lowest BCUT2D eigenvalue weighted by Gasteiger charge is -2.20. The normalized spacial score (nSPS) is 10.8. The lowest BCUT2D eigenvalue weighted by atomic mass is 10.1. The highest BCUT2D eigenvalue weighted by Gasteiger charge is 2.14. The quantitative estimate of drug-likeness (QED) is 0.722. The highest BCUT2D eigenvalue weighted by Crippen LogP contribution is 2.15. The summed E-state index contributed by atoms with van der Waals surface area (Å²) in [5.74, 6) is 0.491. The standard InChI is InChI=1S/C20H20ClN3O2/c1-2-24(19(25)11-8-14-6-4-3-5-7-14)13-18-22-17-12-15(21)9-10-16(17)20(26)23-18/h3-7,9-10,12H,2,8,11,13H2,1H3,(H,22,23,26). The molecule has 0 atom stereocenters. The van der Waals surface area contributed by atoms with Gasteiger partial charge in [0.1, 0.15) is 5.82 Å². The fraction of sp³-hybridized carbons (Fsp3) is 0.250. The molecule has 5 nitrogen and oxygen atoms in total. The molecule has 1 heterocycles. The lowest BCUT2D eigenvalue weighted by molar-refractivity contribution is -0.131. The Morgan fingerprint density at radius 2 is 1.96 bits per heavy atom. The molecular weight excluding hydrogens is 350 g/mol. The summed E-state index contributed by atoms with van der Waals surface area (Å²) in [5.41, 5.74) is 1.43. The minimum atomic E-state index is -0.227. The summed E-state index contributed by atoms with van der Waals surface area (Å²) < 4.78 is 0. The number of aromatic nitrogens is 2. The number of H-pyrrole nitrogens is 1. The Bertz CT molecular complexity index is 970. The van der Waals surface area contributed by atoms with Gasteiger partial charge in [0, 0.05) is 18.0 Å². The summed E-state index contributed by atoms with van der Waals surface area (Å²) in [5, 5.41) is 1.00. The van der Waals surface area contributed by atoms with Crippen molar-refractivity contribution in [1.82, 2.24) is 14.9 Å². The Kier molecular flexibility index (Phi) is 5.68. The third-order valence-electron chi connectivity index (χ3n) is 4.26. The first-order valence-electron chi connectivity index (χ1n) is 8.57. The van der Waals surface area contributed by atoms with Crippen LogP contribution in [0.4, 0.5) is 0 Å². The number of nitrogens with zero attached hydrogens (tertiary/aromatic N) is 2. The second-order valence-corrected chi connectivity index (χ2v) is 6.50. The first kappa shape index (κ1) is 18.1. The summed E-state index contributed by atoms with van der Waals surface area (Å²) in [6.45, 7) is 2.73. The Morgan fingerprint density at radius 3 is 2.69 bits per heavy atom. The van der Waals surface area contributed by atoms with E-state index < -0.39 is 0 Å². The van der Waals surface area contributed by atoms with E-state index >= 15 is 0 Å². The van der Waals surface area contributed by atoms with Gasteiger partial charge in [-0.1, -0.05) is 41.9 Å². The smallest absolute Gasteiger partial charge is 0.258 e. The second-order valence-electron chi connectivity index (χ2n) is 6.07. The van der Waals surface area contributed by atoms with Crippen molar-refractivity contribution in [2.45, 2.75) is 26.3 Å². The molecule has 0 aliphatic heterocycles. The number of nitrogens with one attached hydrogen (secondary N) is 1. The van der Waals surface area contributed by atoms with E-state index in [1.807, 2.05) is 37.3 Å². The number of amides is 1. The largest absolute Gasteiger partial charge is 0.335 e. The zero-order valence-electron chi connectivity index (χ0n) is 14.5. The van der Waals surface area contributed by atoms with Gasteiger partial charge in [0.2, 0.25) is 5.91 Å². The first-order valence-corrected chi connectivity index (χ1v) is 8.94. The van der Waals surface area contributed by atoms with E-state index in [1.54, 1.807) is 23.1 Å². The van der Waals surface area contributed by atoms with E-state index in [2.05, 4.69) is 9.97 Å². The van der Waals surface area contributed by atoms with Gasteiger partial charge in [0.15, 0.2) is 0 Å². The van der Waals surface area contributed by atoms with Crippen molar-refractivity contribution in [1.29, 1.82) is 0 Å². The molecule has 26 heavy (non-hydrogen) atoms. The molecule has 0 bridgehead atoms. The van der Waals surface area contributed by atoms with E-state index in [-0.39, 0.29) is 18.0 Å². The van der Waals surface area contributed by atoms with Crippen molar-refractivity contribution in [3.05, 3.63) is 75.3 Å². The molecule has 0 unspecified atom stereocenters. The Morgan fingerprint density at radius 1 is 1.19 bits per heavy atom. The van der Waals surface area contributed by atoms with Gasteiger partial charge in [-0.15, -0.1) is 0 Å². The number of carbonyl (C=O) groups excluding carboxylic acids is 1. The molecule has 3 aromatic rings. The number of halogens is 1. The van der Waals surface area contributed by atoms with Gasteiger partial charge in [-0.2, -0.15) is 0 Å². The van der Waals surface area contributed by atoms with Crippen LogP contribution in [-0.2, 0) is 17.8 Å². The fourth-order valence-electron chi connectivity index (χ4n) is 2.85. The maximum absolute atomic E-state index is 12.5. The molecule has 134 valence electrons. The number of hydrogen-bond donors (Lipinski definition) is 1. The molecule has 0 spiro atoms. The monoisotopic (exact) mass is 369 g/mol. The van der Waals surface area contributed by atoms with Crippen molar-refractivity contribution in [3.8, 4) is 0 Å². The molecule has 1 N–H and O–H groups in total. The molecule has 0 aliphatic carbocycles. The minimum absolute atomic E-state index is 0.0326. The van der Waals surface area contributed by atoms with E-state index in [1.165, 1.54) is 0 Å². The minimum Gasteiger partial charge on any atom is -0.335 e. The highest BCUT2D eigenvalue weighted by molar-refractivity contribution is 6.31. The number of fused-ring (bicyclic) bond motifs is 1. The highest BCUT2D eigenvalue weighted by atomic mass is 35.5. The molecule has 1 aromatic heterocycles. The zero-order chi connectivity index (χ0) is 18.5. The molecule has 0 saturated heterocycles. The van der Waals surface area contributed by atoms with E-state index in [0.29, 0.717) is 41.1 Å². The van der Waals surface area contributed by atoms with Crippen LogP contribution < -0.4 is 5.56 Å². The van der Waals surface area contributed by atoms with E-state index in [4.69, 9.17) is 11.6 Å². The SMILES string of the molecule is CCN(Cc1nc2cc(Cl)ccc2c(=O)[nH]1)C(=O)CCc1ccccc1. The van der Waals surface area contributed by atoms with Crippen LogP contribution in [0.25, 0.3) is 10.9 Å². The van der Waals surface area contributed by atoms with E-state index in [0.717, 1.165) is 5.56 Å². The Hall–Kier alpha value is -2.66. The topological polar surface area (TPSA) is 66.1 Å². The van der Waals surface area contributed by atoms with Crippen molar-refractivity contribution in [2.24, 2.45) is 0 Å². The van der Waals surface area contributed by atoms with Gasteiger partial charge in [-0.25, -0.2) is 4.98 Å². The maximum atomic E-state index is 12.5. The number of carbonyl (C=O) groups is 1. The molecule has 3 rings (SSSR count). The lowest BCUT2D eigenvalue weighted by Crippen LogP contribution is -2.32. The second kappa shape index (κ2) is 8.15. The molecule has 0 saturated carbocycles. The van der Waals surface area contributed by atoms with Crippen molar-refractivity contribution >= 4 is 28.4 Å². The van der Waals surface area contributed by atoms with Crippen LogP contribution in [0.3, 0.4) is 0 Å². The van der Waals surface area contributed by atoms with Gasteiger partial charge in [0.05, 0.1) is 17.4 Å². The maximum Gasteiger partial charge on any atom is 0.258 e. The molecule has 1 amide bonds. The van der Waals surface area contributed by atoms with Crippen LogP contribution in [0.5, 0.6) is 0 Å². The van der Waals surface area contributed by atoms with Crippen LogP contribution in [0, 0.1) is 0 Å². The molecule has 6 heteroatoms. The first-order chi connectivity index (χ1) is 12.6. The molecule has 0 aliphatic rings. The van der Waals surface area contributed by atoms with Crippen LogP contribution in [0.15, 0.2) is 53.3 Å². The average molecular weight is 370 g/mol. The van der Waals surface area contributed by atoms with Crippen LogP contribution in [0.2, 0.25) is 5.02 Å². The van der Waals surface area contributed by atoms with Crippen LogP contribution in [-0.4, -0.2) is 27.3 Å². The molecule has 2 aromatic carbocycles. The Balaban J connectivity index is 1.74. The third kappa shape index (κ3) is 4.29. The third-order valence-corrected chi connectivity index (χ3v) is 4.50. The van der Waals surface area contributed by atoms with E-state index in [9.17, 15) is 9.59 Å². The fourth-order valence-corrected chi connectivity index (χ4v) is 3.01. The predicted octanol–water partition coefficient (Wildman–Crippen LogP) is 3.56. The number of rotatable bonds is 6. The summed E-state index contributed by atoms with van der Waals surface area (Å²) in [4.78, 5) is 33.7. The number of aromatic amines is 1. The van der Waals surface area contributed by atoms with Crippen molar-refractivity contribution < 1.29 is 4.79 Å². The van der Waals surface area contributed by atoms with Crippen molar-refractivity contribution in [3.63, 3.8) is 0 Å². The van der Waals surface area contributed by atoms with Crippen molar-refractivity contribution in [2.75, 3.05) is 6.54 Å². The Labute approximate surface area is 156 Å². The van der Waals surface area contributed by atoms with Gasteiger partial charge >= 0.3 is 0 Å².